The molecular weight excluding hydrogens is 180 g/mol. The van der Waals surface area contributed by atoms with E-state index in [1.165, 1.54) is 12.8 Å². The van der Waals surface area contributed by atoms with Crippen LogP contribution in [-0.4, -0.2) is 12.6 Å². The Morgan fingerprint density at radius 2 is 1.93 bits per heavy atom. The van der Waals surface area contributed by atoms with Gasteiger partial charge in [0.25, 0.3) is 0 Å². The Morgan fingerprint density at radius 1 is 1.14 bits per heavy atom. The van der Waals surface area contributed by atoms with Crippen LogP contribution in [0.2, 0.25) is 0 Å². The molecule has 1 unspecified atom stereocenters. The molecule has 0 aliphatic heterocycles. The number of hydrogen-bond donors (Lipinski definition) is 0. The molecule has 0 saturated carbocycles. The molecular formula is C8H16N6. The van der Waals surface area contributed by atoms with Gasteiger partial charge in [0, 0.05) is 22.4 Å². The Labute approximate surface area is 83.6 Å². The summed E-state index contributed by atoms with van der Waals surface area (Å²) in [7, 11) is 0. The molecule has 0 aromatic rings. The van der Waals surface area contributed by atoms with E-state index in [9.17, 15) is 0 Å². The molecule has 0 amide bonds. The van der Waals surface area contributed by atoms with Crippen LogP contribution in [-0.2, 0) is 0 Å². The van der Waals surface area contributed by atoms with Crippen molar-refractivity contribution in [3.8, 4) is 0 Å². The van der Waals surface area contributed by atoms with Gasteiger partial charge >= 0.3 is 0 Å². The average Bonchev–Trinajstić information content (AvgIpc) is 2.20. The van der Waals surface area contributed by atoms with Gasteiger partial charge in [-0.1, -0.05) is 42.8 Å². The van der Waals surface area contributed by atoms with Crippen LogP contribution in [0.4, 0.5) is 0 Å². The third-order valence-electron chi connectivity index (χ3n) is 1.96. The molecule has 14 heavy (non-hydrogen) atoms. The molecule has 0 spiro atoms. The van der Waals surface area contributed by atoms with Crippen molar-refractivity contribution in [3.63, 3.8) is 0 Å². The first-order valence-corrected chi connectivity index (χ1v) is 4.90. The van der Waals surface area contributed by atoms with Gasteiger partial charge in [0.2, 0.25) is 0 Å². The van der Waals surface area contributed by atoms with E-state index >= 15 is 0 Å². The van der Waals surface area contributed by atoms with Gasteiger partial charge in [-0.05, 0) is 17.5 Å². The zero-order valence-corrected chi connectivity index (χ0v) is 8.50. The minimum atomic E-state index is -0.173. The topological polar surface area (TPSA) is 97.5 Å². The van der Waals surface area contributed by atoms with E-state index in [0.29, 0.717) is 0 Å². The molecule has 0 radical (unpaired) electrons. The van der Waals surface area contributed by atoms with Crippen molar-refractivity contribution in [2.24, 2.45) is 10.2 Å². The van der Waals surface area contributed by atoms with Crippen LogP contribution in [0.5, 0.6) is 0 Å². The molecule has 0 aliphatic rings. The fourth-order valence-electron chi connectivity index (χ4n) is 1.20. The van der Waals surface area contributed by atoms with E-state index < -0.39 is 0 Å². The van der Waals surface area contributed by atoms with Crippen molar-refractivity contribution in [3.05, 3.63) is 20.9 Å². The highest BCUT2D eigenvalue weighted by Crippen LogP contribution is 2.08. The Bertz CT molecular complexity index is 226. The minimum absolute atomic E-state index is 0.173. The molecule has 0 aliphatic carbocycles. The molecule has 0 fully saturated rings. The second-order valence-electron chi connectivity index (χ2n) is 3.12. The predicted octanol–water partition coefficient (Wildman–Crippen LogP) is 3.95. The van der Waals surface area contributed by atoms with Gasteiger partial charge < -0.3 is 0 Å². The molecule has 6 nitrogen and oxygen atoms in total. The molecule has 78 valence electrons. The van der Waals surface area contributed by atoms with Gasteiger partial charge in [0.05, 0.1) is 0 Å². The van der Waals surface area contributed by atoms with Crippen molar-refractivity contribution in [2.45, 2.75) is 45.1 Å². The lowest BCUT2D eigenvalue weighted by molar-refractivity contribution is 0.551. The average molecular weight is 196 g/mol. The van der Waals surface area contributed by atoms with Gasteiger partial charge in [-0.15, -0.1) is 0 Å². The standard InChI is InChI=1S/C8H16N6/c1-2-3-4-5-6-8(12-14-10)7-11-13-9/h8H,2-7H2,1H3. The molecule has 0 heterocycles. The van der Waals surface area contributed by atoms with Crippen LogP contribution < -0.4 is 0 Å². The van der Waals surface area contributed by atoms with Crippen molar-refractivity contribution in [1.82, 2.24) is 0 Å². The molecule has 6 heteroatoms. The van der Waals surface area contributed by atoms with Crippen LogP contribution in [0.25, 0.3) is 20.9 Å². The lowest BCUT2D eigenvalue weighted by Crippen LogP contribution is -2.06. The number of unbranched alkanes of at least 4 members (excludes halogenated alkanes) is 3. The fraction of sp³-hybridized carbons (Fsp3) is 1.00. The maximum Gasteiger partial charge on any atom is 0.0429 e. The first-order chi connectivity index (χ1) is 6.85. The Hall–Kier alpha value is -1.38. The number of azide groups is 2. The van der Waals surface area contributed by atoms with Gasteiger partial charge in [0.15, 0.2) is 0 Å². The highest BCUT2D eigenvalue weighted by Gasteiger charge is 2.03. The Balaban J connectivity index is 3.72. The van der Waals surface area contributed by atoms with Crippen LogP contribution >= 0.6 is 0 Å². The second kappa shape index (κ2) is 9.71. The van der Waals surface area contributed by atoms with Crippen LogP contribution in [0, 0.1) is 0 Å². The zero-order chi connectivity index (χ0) is 10.6. The van der Waals surface area contributed by atoms with E-state index in [4.69, 9.17) is 11.1 Å². The maximum absolute atomic E-state index is 8.26. The minimum Gasteiger partial charge on any atom is -0.0936 e. The molecule has 1 atom stereocenters. The highest BCUT2D eigenvalue weighted by molar-refractivity contribution is 4.70. The molecule has 0 N–H and O–H groups in total. The highest BCUT2D eigenvalue weighted by atomic mass is 15.2. The molecule has 0 aromatic heterocycles. The summed E-state index contributed by atoms with van der Waals surface area (Å²) in [5.74, 6) is 0. The summed E-state index contributed by atoms with van der Waals surface area (Å²) < 4.78 is 0. The first kappa shape index (κ1) is 12.6. The van der Waals surface area contributed by atoms with Crippen LogP contribution in [0.1, 0.15) is 39.0 Å². The Morgan fingerprint density at radius 3 is 2.50 bits per heavy atom. The third kappa shape index (κ3) is 7.28. The summed E-state index contributed by atoms with van der Waals surface area (Å²) in [5, 5.41) is 6.98. The lowest BCUT2D eigenvalue weighted by atomic mass is 10.1. The molecule has 0 rings (SSSR count). The maximum atomic E-state index is 8.26. The molecule has 0 saturated heterocycles. The predicted molar refractivity (Wildman–Crippen MR) is 55.7 cm³/mol. The van der Waals surface area contributed by atoms with Crippen molar-refractivity contribution >= 4 is 0 Å². The molecule has 0 aromatic carbocycles. The van der Waals surface area contributed by atoms with Crippen LogP contribution in [0.15, 0.2) is 10.2 Å². The smallest absolute Gasteiger partial charge is 0.0429 e. The summed E-state index contributed by atoms with van der Waals surface area (Å²) in [6, 6.07) is -0.173. The van der Waals surface area contributed by atoms with Crippen molar-refractivity contribution in [2.75, 3.05) is 6.54 Å². The fourth-order valence-corrected chi connectivity index (χ4v) is 1.20. The van der Waals surface area contributed by atoms with E-state index in [1.807, 2.05) is 0 Å². The Kier molecular flexibility index (Phi) is 8.75. The monoisotopic (exact) mass is 196 g/mol. The van der Waals surface area contributed by atoms with Gasteiger partial charge in [0.1, 0.15) is 0 Å². The first-order valence-electron chi connectivity index (χ1n) is 4.90. The summed E-state index contributed by atoms with van der Waals surface area (Å²) in [6.45, 7) is 2.41. The summed E-state index contributed by atoms with van der Waals surface area (Å²) in [4.78, 5) is 5.37. The van der Waals surface area contributed by atoms with Crippen molar-refractivity contribution in [1.29, 1.82) is 0 Å². The molecule has 0 bridgehead atoms. The quantitative estimate of drug-likeness (QED) is 0.243. The van der Waals surface area contributed by atoms with E-state index in [-0.39, 0.29) is 12.6 Å². The number of rotatable bonds is 8. The van der Waals surface area contributed by atoms with Gasteiger partial charge in [-0.2, -0.15) is 0 Å². The summed E-state index contributed by atoms with van der Waals surface area (Å²) in [6.07, 6.45) is 5.36. The van der Waals surface area contributed by atoms with E-state index in [0.717, 1.165) is 19.3 Å². The lowest BCUT2D eigenvalue weighted by Gasteiger charge is -2.06. The van der Waals surface area contributed by atoms with E-state index in [2.05, 4.69) is 27.0 Å². The summed E-state index contributed by atoms with van der Waals surface area (Å²) >= 11 is 0. The summed E-state index contributed by atoms with van der Waals surface area (Å²) in [5.41, 5.74) is 16.4. The normalized spacial score (nSPS) is 11.2. The number of hydrogen-bond acceptors (Lipinski definition) is 2. The van der Waals surface area contributed by atoms with Crippen molar-refractivity contribution < 1.29 is 0 Å². The van der Waals surface area contributed by atoms with Gasteiger partial charge in [-0.25, -0.2) is 0 Å². The number of nitrogens with zero attached hydrogens (tertiary/aromatic N) is 6. The van der Waals surface area contributed by atoms with Crippen LogP contribution in [0.3, 0.4) is 0 Å². The largest absolute Gasteiger partial charge is 0.0936 e. The second-order valence-corrected chi connectivity index (χ2v) is 3.12. The van der Waals surface area contributed by atoms with Gasteiger partial charge in [-0.3, -0.25) is 0 Å². The third-order valence-corrected chi connectivity index (χ3v) is 1.96. The SMILES string of the molecule is CCCCCCC(CN=[N+]=[N-])N=[N+]=[N-]. The van der Waals surface area contributed by atoms with E-state index in [1.54, 1.807) is 0 Å². The zero-order valence-electron chi connectivity index (χ0n) is 8.50.